The minimum absolute atomic E-state index is 0.0497. The summed E-state index contributed by atoms with van der Waals surface area (Å²) in [6, 6.07) is 12.6. The van der Waals surface area contributed by atoms with Gasteiger partial charge in [0, 0.05) is 11.2 Å². The van der Waals surface area contributed by atoms with Crippen LogP contribution in [0.5, 0.6) is 5.88 Å². The molecule has 1 aromatic heterocycles. The number of benzene rings is 1. The summed E-state index contributed by atoms with van der Waals surface area (Å²) in [5.74, 6) is 0.374. The summed E-state index contributed by atoms with van der Waals surface area (Å²) in [7, 11) is 0. The second-order valence-corrected chi connectivity index (χ2v) is 5.75. The number of carbonyl (C=O) groups is 1. The number of amides is 1. The third kappa shape index (κ3) is 3.61. The standard InChI is InChI=1S/C17H14ClN3O2/c18-14-5-3-12(4-6-14)8-16(22)21-10-15(11-21)23-17-13(9-19)2-1-7-20-17/h1-7,15H,8,10-11H2. The quantitative estimate of drug-likeness (QED) is 0.865. The first-order chi connectivity index (χ1) is 11.2. The van der Waals surface area contributed by atoms with Crippen LogP contribution in [0.15, 0.2) is 42.6 Å². The third-order valence-corrected chi connectivity index (χ3v) is 3.89. The number of likely N-dealkylation sites (tertiary alicyclic amines) is 1. The number of hydrogen-bond acceptors (Lipinski definition) is 4. The molecule has 0 aliphatic carbocycles. The molecule has 2 heterocycles. The fourth-order valence-electron chi connectivity index (χ4n) is 2.33. The Labute approximate surface area is 139 Å². The Morgan fingerprint density at radius 2 is 2.09 bits per heavy atom. The summed E-state index contributed by atoms with van der Waals surface area (Å²) in [6.45, 7) is 1.02. The molecule has 6 heteroatoms. The van der Waals surface area contributed by atoms with Crippen LogP contribution in [0, 0.1) is 11.3 Å². The molecule has 1 amide bonds. The highest BCUT2D eigenvalue weighted by atomic mass is 35.5. The Bertz CT molecular complexity index is 749. The number of pyridine rings is 1. The number of nitriles is 1. The fourth-order valence-corrected chi connectivity index (χ4v) is 2.46. The monoisotopic (exact) mass is 327 g/mol. The molecule has 1 fully saturated rings. The predicted octanol–water partition coefficient (Wildman–Crippen LogP) is 2.44. The normalized spacial score (nSPS) is 14.0. The van der Waals surface area contributed by atoms with Gasteiger partial charge in [0.25, 0.3) is 0 Å². The van der Waals surface area contributed by atoms with Crippen LogP contribution >= 0.6 is 11.6 Å². The van der Waals surface area contributed by atoms with Gasteiger partial charge in [0.2, 0.25) is 11.8 Å². The zero-order valence-electron chi connectivity index (χ0n) is 12.3. The molecule has 0 saturated carbocycles. The maximum Gasteiger partial charge on any atom is 0.232 e. The number of aromatic nitrogens is 1. The van der Waals surface area contributed by atoms with Crippen LogP contribution in [0.2, 0.25) is 5.02 Å². The minimum atomic E-state index is -0.119. The van der Waals surface area contributed by atoms with E-state index in [1.807, 2.05) is 18.2 Å². The lowest BCUT2D eigenvalue weighted by Gasteiger charge is -2.38. The average Bonchev–Trinajstić information content (AvgIpc) is 2.53. The number of ether oxygens (including phenoxy) is 1. The third-order valence-electron chi connectivity index (χ3n) is 3.64. The maximum atomic E-state index is 12.2. The van der Waals surface area contributed by atoms with Crippen LogP contribution in [-0.4, -0.2) is 35.0 Å². The van der Waals surface area contributed by atoms with Crippen molar-refractivity contribution in [1.82, 2.24) is 9.88 Å². The molecule has 0 N–H and O–H groups in total. The Kier molecular flexibility index (Phi) is 4.45. The summed E-state index contributed by atoms with van der Waals surface area (Å²) in [5.41, 5.74) is 1.33. The van der Waals surface area contributed by atoms with Crippen LogP contribution in [0.4, 0.5) is 0 Å². The molecule has 2 aromatic rings. The molecule has 23 heavy (non-hydrogen) atoms. The molecule has 3 rings (SSSR count). The summed E-state index contributed by atoms with van der Waals surface area (Å²) in [5, 5.41) is 9.66. The largest absolute Gasteiger partial charge is 0.470 e. The molecule has 1 aromatic carbocycles. The topological polar surface area (TPSA) is 66.2 Å². The molecular formula is C17H14ClN3O2. The zero-order valence-corrected chi connectivity index (χ0v) is 13.0. The summed E-state index contributed by atoms with van der Waals surface area (Å²) in [6.07, 6.45) is 1.81. The van der Waals surface area contributed by atoms with Gasteiger partial charge in [-0.2, -0.15) is 5.26 Å². The SMILES string of the molecule is N#Cc1cccnc1OC1CN(C(=O)Cc2ccc(Cl)cc2)C1. The number of rotatable bonds is 4. The molecule has 0 unspecified atom stereocenters. The summed E-state index contributed by atoms with van der Waals surface area (Å²) >= 11 is 5.83. The van der Waals surface area contributed by atoms with E-state index in [9.17, 15) is 4.79 Å². The number of nitrogens with zero attached hydrogens (tertiary/aromatic N) is 3. The lowest BCUT2D eigenvalue weighted by atomic mass is 10.1. The maximum absolute atomic E-state index is 12.2. The van der Waals surface area contributed by atoms with Gasteiger partial charge in [0.05, 0.1) is 19.5 Å². The lowest BCUT2D eigenvalue weighted by molar-refractivity contribution is -0.139. The number of hydrogen-bond donors (Lipinski definition) is 0. The van der Waals surface area contributed by atoms with E-state index in [-0.39, 0.29) is 12.0 Å². The minimum Gasteiger partial charge on any atom is -0.470 e. The van der Waals surface area contributed by atoms with Crippen molar-refractivity contribution < 1.29 is 9.53 Å². The van der Waals surface area contributed by atoms with Crippen molar-refractivity contribution in [1.29, 1.82) is 5.26 Å². The van der Waals surface area contributed by atoms with E-state index in [2.05, 4.69) is 4.98 Å². The van der Waals surface area contributed by atoms with Gasteiger partial charge in [0.15, 0.2) is 0 Å². The van der Waals surface area contributed by atoms with Crippen LogP contribution < -0.4 is 4.74 Å². The first kappa shape index (κ1) is 15.3. The highest BCUT2D eigenvalue weighted by molar-refractivity contribution is 6.30. The van der Waals surface area contributed by atoms with Gasteiger partial charge in [-0.25, -0.2) is 4.98 Å². The number of carbonyl (C=O) groups excluding carboxylic acids is 1. The van der Waals surface area contributed by atoms with Gasteiger partial charge in [-0.3, -0.25) is 4.79 Å². The second kappa shape index (κ2) is 6.67. The van der Waals surface area contributed by atoms with Crippen molar-refractivity contribution >= 4 is 17.5 Å². The van der Waals surface area contributed by atoms with E-state index < -0.39 is 0 Å². The number of halogens is 1. The predicted molar refractivity (Wildman–Crippen MR) is 85.1 cm³/mol. The van der Waals surface area contributed by atoms with Crippen molar-refractivity contribution in [3.8, 4) is 11.9 Å². The highest BCUT2D eigenvalue weighted by Crippen LogP contribution is 2.20. The molecule has 0 radical (unpaired) electrons. The van der Waals surface area contributed by atoms with E-state index in [1.54, 1.807) is 35.4 Å². The van der Waals surface area contributed by atoms with Crippen molar-refractivity contribution in [3.63, 3.8) is 0 Å². The van der Waals surface area contributed by atoms with Crippen molar-refractivity contribution in [2.24, 2.45) is 0 Å². The van der Waals surface area contributed by atoms with E-state index in [1.165, 1.54) is 0 Å². The Morgan fingerprint density at radius 1 is 1.35 bits per heavy atom. The lowest BCUT2D eigenvalue weighted by Crippen LogP contribution is -2.56. The van der Waals surface area contributed by atoms with Crippen LogP contribution in [0.3, 0.4) is 0 Å². The molecule has 5 nitrogen and oxygen atoms in total. The molecule has 1 aliphatic heterocycles. The molecular weight excluding hydrogens is 314 g/mol. The summed E-state index contributed by atoms with van der Waals surface area (Å²) in [4.78, 5) is 18.0. The Morgan fingerprint density at radius 3 is 2.78 bits per heavy atom. The van der Waals surface area contributed by atoms with Gasteiger partial charge in [-0.1, -0.05) is 23.7 Å². The molecule has 0 bridgehead atoms. The van der Waals surface area contributed by atoms with Crippen molar-refractivity contribution in [2.45, 2.75) is 12.5 Å². The van der Waals surface area contributed by atoms with Gasteiger partial charge in [-0.05, 0) is 29.8 Å². The van der Waals surface area contributed by atoms with Gasteiger partial charge < -0.3 is 9.64 Å². The first-order valence-electron chi connectivity index (χ1n) is 7.19. The van der Waals surface area contributed by atoms with Crippen LogP contribution in [0.25, 0.3) is 0 Å². The molecule has 1 saturated heterocycles. The molecule has 0 atom stereocenters. The molecule has 0 spiro atoms. The van der Waals surface area contributed by atoms with Crippen LogP contribution in [-0.2, 0) is 11.2 Å². The van der Waals surface area contributed by atoms with Gasteiger partial charge >= 0.3 is 0 Å². The second-order valence-electron chi connectivity index (χ2n) is 5.31. The average molecular weight is 328 g/mol. The van der Waals surface area contributed by atoms with E-state index in [0.29, 0.717) is 36.0 Å². The molecule has 116 valence electrons. The Hall–Kier alpha value is -2.58. The first-order valence-corrected chi connectivity index (χ1v) is 7.57. The van der Waals surface area contributed by atoms with E-state index >= 15 is 0 Å². The summed E-state index contributed by atoms with van der Waals surface area (Å²) < 4.78 is 5.67. The molecule has 1 aliphatic rings. The van der Waals surface area contributed by atoms with Crippen LogP contribution in [0.1, 0.15) is 11.1 Å². The van der Waals surface area contributed by atoms with Gasteiger partial charge in [0.1, 0.15) is 17.7 Å². The van der Waals surface area contributed by atoms with Crippen molar-refractivity contribution in [3.05, 3.63) is 58.7 Å². The van der Waals surface area contributed by atoms with Crippen molar-refractivity contribution in [2.75, 3.05) is 13.1 Å². The fraction of sp³-hybridized carbons (Fsp3) is 0.235. The zero-order chi connectivity index (χ0) is 16.2. The highest BCUT2D eigenvalue weighted by Gasteiger charge is 2.32. The van der Waals surface area contributed by atoms with E-state index in [4.69, 9.17) is 21.6 Å². The smallest absolute Gasteiger partial charge is 0.232 e. The van der Waals surface area contributed by atoms with E-state index in [0.717, 1.165) is 5.56 Å². The van der Waals surface area contributed by atoms with Gasteiger partial charge in [-0.15, -0.1) is 0 Å². The Balaban J connectivity index is 1.51.